The number of anilines is 1. The summed E-state index contributed by atoms with van der Waals surface area (Å²) in [6, 6.07) is 15.1. The van der Waals surface area contributed by atoms with Crippen LogP contribution in [0.1, 0.15) is 12.0 Å². The van der Waals surface area contributed by atoms with Crippen LogP contribution in [0.3, 0.4) is 0 Å². The molecule has 2 aliphatic heterocycles. The number of carbonyl (C=O) groups excluding carboxylic acids is 2. The van der Waals surface area contributed by atoms with Crippen molar-refractivity contribution in [1.82, 2.24) is 14.8 Å². The molecule has 2 fully saturated rings. The van der Waals surface area contributed by atoms with Gasteiger partial charge in [0, 0.05) is 31.2 Å². The summed E-state index contributed by atoms with van der Waals surface area (Å²) in [5, 5.41) is 1.66. The van der Waals surface area contributed by atoms with Crippen LogP contribution in [-0.2, 0) is 16.1 Å². The number of carbonyl (C=O) groups is 2. The Balaban J connectivity index is 1.23. The van der Waals surface area contributed by atoms with Gasteiger partial charge in [-0.3, -0.25) is 19.4 Å². The fraction of sp³-hybridized carbons (Fsp3) is 0.318. The van der Waals surface area contributed by atoms with Gasteiger partial charge in [0.1, 0.15) is 0 Å². The molecule has 6 nitrogen and oxygen atoms in total. The lowest BCUT2D eigenvalue weighted by Crippen LogP contribution is -2.52. The molecule has 2 aromatic carbocycles. The number of fused-ring (bicyclic) bond motifs is 1. The molecular weight excluding hydrogens is 420 g/mol. The van der Waals surface area contributed by atoms with Crippen LogP contribution < -0.4 is 4.90 Å². The number of halogens is 1. The first-order chi connectivity index (χ1) is 14.6. The largest absolute Gasteiger partial charge is 0.345 e. The van der Waals surface area contributed by atoms with Crippen molar-refractivity contribution in [3.8, 4) is 0 Å². The number of thiazole rings is 1. The number of likely N-dealkylation sites (tertiary alicyclic amines) is 1. The number of para-hydroxylation sites is 1. The van der Waals surface area contributed by atoms with Gasteiger partial charge in [0.2, 0.25) is 11.8 Å². The van der Waals surface area contributed by atoms with Gasteiger partial charge in [0.25, 0.3) is 0 Å². The predicted octanol–water partition coefficient (Wildman–Crippen LogP) is 3.40. The predicted molar refractivity (Wildman–Crippen MR) is 119 cm³/mol. The van der Waals surface area contributed by atoms with E-state index in [0.717, 1.165) is 42.4 Å². The minimum absolute atomic E-state index is 0.0941. The molecule has 1 aromatic heterocycles. The van der Waals surface area contributed by atoms with Crippen LogP contribution in [0.4, 0.5) is 5.13 Å². The second-order valence-corrected chi connectivity index (χ2v) is 9.10. The molecule has 3 heterocycles. The van der Waals surface area contributed by atoms with Crippen LogP contribution in [0, 0.1) is 0 Å². The number of rotatable bonds is 4. The molecule has 1 atom stereocenters. The fourth-order valence-electron chi connectivity index (χ4n) is 4.11. The summed E-state index contributed by atoms with van der Waals surface area (Å²) in [5.74, 6) is -0.197. The summed E-state index contributed by atoms with van der Waals surface area (Å²) >= 11 is 7.63. The molecule has 0 radical (unpaired) electrons. The van der Waals surface area contributed by atoms with Crippen molar-refractivity contribution in [2.24, 2.45) is 0 Å². The lowest BCUT2D eigenvalue weighted by atomic mass is 10.2. The molecule has 30 heavy (non-hydrogen) atoms. The fourth-order valence-corrected chi connectivity index (χ4v) is 5.25. The number of benzene rings is 2. The van der Waals surface area contributed by atoms with Crippen LogP contribution in [0.2, 0.25) is 5.02 Å². The van der Waals surface area contributed by atoms with Crippen LogP contribution >= 0.6 is 22.9 Å². The number of imide groups is 1. The Kier molecular flexibility index (Phi) is 5.18. The van der Waals surface area contributed by atoms with E-state index >= 15 is 0 Å². The average molecular weight is 441 g/mol. The van der Waals surface area contributed by atoms with Gasteiger partial charge in [-0.05, 0) is 29.8 Å². The molecule has 0 saturated carbocycles. The van der Waals surface area contributed by atoms with Gasteiger partial charge < -0.3 is 4.90 Å². The van der Waals surface area contributed by atoms with Crippen LogP contribution in [-0.4, -0.2) is 58.8 Å². The molecule has 0 bridgehead atoms. The summed E-state index contributed by atoms with van der Waals surface area (Å²) in [7, 11) is 0. The first-order valence-electron chi connectivity index (χ1n) is 10.0. The zero-order valence-electron chi connectivity index (χ0n) is 16.3. The molecule has 2 amide bonds. The van der Waals surface area contributed by atoms with E-state index in [0.29, 0.717) is 11.6 Å². The number of hydrogen-bond acceptors (Lipinski definition) is 6. The van der Waals surface area contributed by atoms with Gasteiger partial charge in [-0.25, -0.2) is 4.98 Å². The first-order valence-corrected chi connectivity index (χ1v) is 11.2. The minimum Gasteiger partial charge on any atom is -0.345 e. The van der Waals surface area contributed by atoms with Crippen molar-refractivity contribution in [1.29, 1.82) is 0 Å². The molecular formula is C22H21ClN4O2S. The van der Waals surface area contributed by atoms with E-state index in [4.69, 9.17) is 16.6 Å². The molecule has 0 unspecified atom stereocenters. The highest BCUT2D eigenvalue weighted by Crippen LogP contribution is 2.30. The molecule has 5 rings (SSSR count). The minimum atomic E-state index is -0.359. The number of aromatic nitrogens is 1. The Morgan fingerprint density at radius 1 is 1.00 bits per heavy atom. The van der Waals surface area contributed by atoms with Crippen molar-refractivity contribution in [2.45, 2.75) is 19.0 Å². The van der Waals surface area contributed by atoms with E-state index in [2.05, 4.69) is 15.9 Å². The lowest BCUT2D eigenvalue weighted by molar-refractivity contribution is -0.140. The van der Waals surface area contributed by atoms with E-state index in [-0.39, 0.29) is 24.3 Å². The summed E-state index contributed by atoms with van der Waals surface area (Å²) in [5.41, 5.74) is 1.93. The Morgan fingerprint density at radius 2 is 1.73 bits per heavy atom. The van der Waals surface area contributed by atoms with Gasteiger partial charge in [-0.2, -0.15) is 0 Å². The Bertz CT molecular complexity index is 1060. The summed E-state index contributed by atoms with van der Waals surface area (Å²) in [6.45, 7) is 3.39. The number of piperazine rings is 1. The molecule has 3 aromatic rings. The zero-order valence-corrected chi connectivity index (χ0v) is 17.9. The van der Waals surface area contributed by atoms with E-state index in [9.17, 15) is 9.59 Å². The smallest absolute Gasteiger partial charge is 0.247 e. The average Bonchev–Trinajstić information content (AvgIpc) is 3.32. The lowest BCUT2D eigenvalue weighted by Gasteiger charge is -2.36. The third kappa shape index (κ3) is 3.69. The summed E-state index contributed by atoms with van der Waals surface area (Å²) in [4.78, 5) is 36.0. The van der Waals surface area contributed by atoms with Crippen molar-refractivity contribution >= 4 is 50.1 Å². The molecule has 2 aliphatic rings. The maximum Gasteiger partial charge on any atom is 0.247 e. The van der Waals surface area contributed by atoms with Crippen molar-refractivity contribution in [3.05, 3.63) is 59.1 Å². The van der Waals surface area contributed by atoms with E-state index in [1.54, 1.807) is 23.5 Å². The van der Waals surface area contributed by atoms with E-state index in [1.165, 1.54) is 9.60 Å². The topological polar surface area (TPSA) is 56.8 Å². The van der Waals surface area contributed by atoms with Gasteiger partial charge in [-0.15, -0.1) is 0 Å². The van der Waals surface area contributed by atoms with Crippen LogP contribution in [0.15, 0.2) is 48.5 Å². The van der Waals surface area contributed by atoms with Gasteiger partial charge >= 0.3 is 0 Å². The highest BCUT2D eigenvalue weighted by molar-refractivity contribution is 7.22. The number of amides is 2. The highest BCUT2D eigenvalue weighted by Gasteiger charge is 2.42. The second kappa shape index (κ2) is 7.98. The van der Waals surface area contributed by atoms with Crippen molar-refractivity contribution in [3.63, 3.8) is 0 Å². The highest BCUT2D eigenvalue weighted by atomic mass is 35.5. The van der Waals surface area contributed by atoms with Gasteiger partial charge in [0.05, 0.1) is 29.2 Å². The number of hydrogen-bond donors (Lipinski definition) is 0. The first kappa shape index (κ1) is 19.5. The monoisotopic (exact) mass is 440 g/mol. The Labute approximate surface area is 183 Å². The van der Waals surface area contributed by atoms with Crippen molar-refractivity contribution in [2.75, 3.05) is 31.1 Å². The standard InChI is InChI=1S/C22H21ClN4O2S/c23-16-7-5-15(6-8-16)14-27-20(28)13-18(21(27)29)25-9-11-26(12-10-25)22-24-17-3-1-2-4-19(17)30-22/h1-8,18H,9-14H2/t18-/m1/s1. The van der Waals surface area contributed by atoms with E-state index < -0.39 is 0 Å². The number of nitrogens with zero attached hydrogens (tertiary/aromatic N) is 4. The zero-order chi connectivity index (χ0) is 20.7. The summed E-state index contributed by atoms with van der Waals surface area (Å²) in [6.07, 6.45) is 0.258. The van der Waals surface area contributed by atoms with Gasteiger partial charge in [-0.1, -0.05) is 47.2 Å². The Morgan fingerprint density at radius 3 is 2.47 bits per heavy atom. The molecule has 2 saturated heterocycles. The maximum atomic E-state index is 13.0. The second-order valence-electron chi connectivity index (χ2n) is 7.65. The van der Waals surface area contributed by atoms with Gasteiger partial charge in [0.15, 0.2) is 5.13 Å². The normalized spacial score (nSPS) is 20.5. The molecule has 8 heteroatoms. The van der Waals surface area contributed by atoms with E-state index in [1.807, 2.05) is 30.3 Å². The summed E-state index contributed by atoms with van der Waals surface area (Å²) < 4.78 is 1.18. The molecule has 154 valence electrons. The third-order valence-electron chi connectivity index (χ3n) is 5.78. The van der Waals surface area contributed by atoms with Crippen molar-refractivity contribution < 1.29 is 9.59 Å². The molecule has 0 N–H and O–H groups in total. The molecule has 0 aliphatic carbocycles. The SMILES string of the molecule is O=C1C[C@@H](N2CCN(c3nc4ccccc4s3)CC2)C(=O)N1Cc1ccc(Cl)cc1. The quantitative estimate of drug-likeness (QED) is 0.582. The third-order valence-corrected chi connectivity index (χ3v) is 7.13. The van der Waals surface area contributed by atoms with Crippen LogP contribution in [0.5, 0.6) is 0 Å². The maximum absolute atomic E-state index is 13.0. The Hall–Kier alpha value is -2.48. The molecule has 0 spiro atoms. The van der Waals surface area contributed by atoms with Crippen LogP contribution in [0.25, 0.3) is 10.2 Å².